The Kier molecular flexibility index (Phi) is 3.39. The van der Waals surface area contributed by atoms with Gasteiger partial charge in [-0.1, -0.05) is 10.3 Å². The van der Waals surface area contributed by atoms with Gasteiger partial charge in [0.15, 0.2) is 0 Å². The van der Waals surface area contributed by atoms with Crippen LogP contribution in [0.2, 0.25) is 0 Å². The number of nitro groups is 1. The Morgan fingerprint density at radius 3 is 3.00 bits per heavy atom. The van der Waals surface area contributed by atoms with Gasteiger partial charge in [-0.3, -0.25) is 10.1 Å². The van der Waals surface area contributed by atoms with Crippen LogP contribution in [0.25, 0.3) is 21.7 Å². The molecule has 0 amide bonds. The van der Waals surface area contributed by atoms with Gasteiger partial charge in [0.25, 0.3) is 0 Å². The average Bonchev–Trinajstić information content (AvgIpc) is 2.85. The van der Waals surface area contributed by atoms with Crippen LogP contribution in [0.3, 0.4) is 0 Å². The van der Waals surface area contributed by atoms with E-state index >= 15 is 0 Å². The molecule has 0 saturated carbocycles. The summed E-state index contributed by atoms with van der Waals surface area (Å²) in [5.41, 5.74) is 8.15. The van der Waals surface area contributed by atoms with Gasteiger partial charge in [0.2, 0.25) is 5.82 Å². The molecule has 0 radical (unpaired) electrons. The molecule has 0 aliphatic rings. The zero-order chi connectivity index (χ0) is 13.8. The lowest BCUT2D eigenvalue weighted by Crippen LogP contribution is -1.92. The van der Waals surface area contributed by atoms with Crippen molar-refractivity contribution in [2.75, 3.05) is 0 Å². The highest BCUT2D eigenvalue weighted by Gasteiger charge is 2.16. The zero-order valence-corrected chi connectivity index (χ0v) is 9.36. The molecule has 0 saturated heterocycles. The second kappa shape index (κ2) is 5.15. The van der Waals surface area contributed by atoms with Gasteiger partial charge < -0.3 is 4.52 Å². The molecule has 0 atom stereocenters. The fourth-order valence-corrected chi connectivity index (χ4v) is 1.44. The lowest BCUT2D eigenvalue weighted by Gasteiger charge is -1.97. The number of aromatic nitrogens is 1. The van der Waals surface area contributed by atoms with Crippen LogP contribution in [-0.4, -0.2) is 10.1 Å². The van der Waals surface area contributed by atoms with Crippen molar-refractivity contribution in [3.63, 3.8) is 0 Å². The van der Waals surface area contributed by atoms with Crippen molar-refractivity contribution in [2.45, 2.75) is 6.54 Å². The van der Waals surface area contributed by atoms with Crippen molar-refractivity contribution in [3.8, 4) is 11.3 Å². The van der Waals surface area contributed by atoms with E-state index in [0.29, 0.717) is 17.0 Å². The van der Waals surface area contributed by atoms with Crippen LogP contribution < -0.4 is 0 Å². The van der Waals surface area contributed by atoms with Gasteiger partial charge in [0.1, 0.15) is 11.5 Å². The summed E-state index contributed by atoms with van der Waals surface area (Å²) in [5.74, 6) is -0.619. The molecule has 0 fully saturated rings. The van der Waals surface area contributed by atoms with Crippen LogP contribution in [-0.2, 0) is 6.54 Å². The zero-order valence-electron chi connectivity index (χ0n) is 9.36. The molecule has 0 aliphatic heterocycles. The Labute approximate surface area is 105 Å². The fraction of sp³-hybridized carbons (Fsp3) is 0.100. The van der Waals surface area contributed by atoms with E-state index in [-0.39, 0.29) is 6.54 Å². The molecule has 9 heteroatoms. The summed E-state index contributed by atoms with van der Waals surface area (Å²) in [7, 11) is 0. The molecule has 96 valence electrons. The third-order valence-corrected chi connectivity index (χ3v) is 2.29. The normalized spacial score (nSPS) is 9.95. The molecule has 0 bridgehead atoms. The molecule has 0 spiro atoms. The van der Waals surface area contributed by atoms with Crippen LogP contribution >= 0.6 is 0 Å². The topological polar surface area (TPSA) is 118 Å². The van der Waals surface area contributed by atoms with Crippen LogP contribution in [0.1, 0.15) is 5.76 Å². The highest BCUT2D eigenvalue weighted by atomic mass is 19.1. The van der Waals surface area contributed by atoms with Crippen molar-refractivity contribution in [1.29, 1.82) is 0 Å². The number of azide groups is 1. The average molecular weight is 263 g/mol. The van der Waals surface area contributed by atoms with Crippen molar-refractivity contribution in [1.82, 2.24) is 5.16 Å². The lowest BCUT2D eigenvalue weighted by molar-refractivity contribution is -0.387. The summed E-state index contributed by atoms with van der Waals surface area (Å²) < 4.78 is 18.0. The van der Waals surface area contributed by atoms with Crippen molar-refractivity contribution >= 4 is 5.69 Å². The Morgan fingerprint density at radius 2 is 2.32 bits per heavy atom. The molecule has 19 heavy (non-hydrogen) atoms. The molecule has 1 heterocycles. The molecule has 1 aromatic heterocycles. The maximum Gasteiger partial charge on any atom is 0.305 e. The molecular weight excluding hydrogens is 257 g/mol. The minimum Gasteiger partial charge on any atom is -0.361 e. The lowest BCUT2D eigenvalue weighted by atomic mass is 10.1. The quantitative estimate of drug-likeness (QED) is 0.276. The Bertz CT molecular complexity index is 678. The van der Waals surface area contributed by atoms with Gasteiger partial charge in [0.05, 0.1) is 11.5 Å². The first-order valence-corrected chi connectivity index (χ1v) is 5.02. The summed E-state index contributed by atoms with van der Waals surface area (Å²) in [4.78, 5) is 12.4. The first kappa shape index (κ1) is 12.5. The van der Waals surface area contributed by atoms with E-state index in [0.717, 1.165) is 12.1 Å². The summed E-state index contributed by atoms with van der Waals surface area (Å²) in [6, 6.07) is 4.85. The number of hydrogen-bond acceptors (Lipinski definition) is 5. The van der Waals surface area contributed by atoms with Gasteiger partial charge in [0, 0.05) is 22.6 Å². The summed E-state index contributed by atoms with van der Waals surface area (Å²) in [6.45, 7) is -0.0210. The van der Waals surface area contributed by atoms with Gasteiger partial charge in [-0.15, -0.1) is 0 Å². The molecule has 0 aliphatic carbocycles. The van der Waals surface area contributed by atoms with Crippen LogP contribution in [0.15, 0.2) is 33.9 Å². The highest BCUT2D eigenvalue weighted by molar-refractivity contribution is 5.62. The third-order valence-electron chi connectivity index (χ3n) is 2.29. The van der Waals surface area contributed by atoms with Crippen LogP contribution in [0.5, 0.6) is 0 Å². The van der Waals surface area contributed by atoms with Crippen molar-refractivity contribution in [2.24, 2.45) is 5.11 Å². The highest BCUT2D eigenvalue weighted by Crippen LogP contribution is 2.26. The molecule has 8 nitrogen and oxygen atoms in total. The minimum absolute atomic E-state index is 0.0210. The van der Waals surface area contributed by atoms with Crippen molar-refractivity contribution < 1.29 is 13.8 Å². The predicted molar refractivity (Wildman–Crippen MR) is 61.4 cm³/mol. The molecule has 0 N–H and O–H groups in total. The maximum absolute atomic E-state index is 13.2. The second-order valence-corrected chi connectivity index (χ2v) is 3.49. The van der Waals surface area contributed by atoms with E-state index in [4.69, 9.17) is 10.1 Å². The first-order chi connectivity index (χ1) is 9.11. The van der Waals surface area contributed by atoms with E-state index in [9.17, 15) is 14.5 Å². The van der Waals surface area contributed by atoms with E-state index in [1.54, 1.807) is 0 Å². The van der Waals surface area contributed by atoms with E-state index in [2.05, 4.69) is 15.2 Å². The van der Waals surface area contributed by atoms with E-state index in [1.807, 2.05) is 0 Å². The van der Waals surface area contributed by atoms with Gasteiger partial charge in [-0.2, -0.15) is 4.39 Å². The number of hydrogen-bond donors (Lipinski definition) is 0. The number of halogens is 1. The first-order valence-electron chi connectivity index (χ1n) is 5.02. The largest absolute Gasteiger partial charge is 0.361 e. The van der Waals surface area contributed by atoms with E-state index < -0.39 is 16.4 Å². The monoisotopic (exact) mass is 263 g/mol. The molecule has 2 rings (SSSR count). The third kappa shape index (κ3) is 2.67. The smallest absolute Gasteiger partial charge is 0.305 e. The Morgan fingerprint density at radius 1 is 1.53 bits per heavy atom. The van der Waals surface area contributed by atoms with Crippen molar-refractivity contribution in [3.05, 3.63) is 56.4 Å². The number of rotatable bonds is 4. The number of nitrogens with zero attached hydrogens (tertiary/aromatic N) is 5. The predicted octanol–water partition coefficient (Wildman–Crippen LogP) is 3.20. The Balaban J connectivity index is 2.36. The number of nitro benzene ring substituents is 1. The SMILES string of the molecule is [N-]=[N+]=NCc1cc(-c2ccc(F)c([N+](=O)[O-])c2)no1. The Hall–Kier alpha value is -2.93. The molecule has 0 unspecified atom stereocenters. The van der Waals surface area contributed by atoms with E-state index in [1.165, 1.54) is 12.1 Å². The molecule has 2 aromatic rings. The fourth-order valence-electron chi connectivity index (χ4n) is 1.44. The van der Waals surface area contributed by atoms with Crippen LogP contribution in [0.4, 0.5) is 10.1 Å². The standard InChI is InChI=1S/C10H6FN5O3/c11-8-2-1-6(3-10(8)16(17)18)9-4-7(19-14-9)5-13-15-12/h1-4H,5H2. The van der Waals surface area contributed by atoms with Gasteiger partial charge in [-0.25, -0.2) is 0 Å². The van der Waals surface area contributed by atoms with Crippen LogP contribution in [0, 0.1) is 15.9 Å². The summed E-state index contributed by atoms with van der Waals surface area (Å²) >= 11 is 0. The number of benzene rings is 1. The minimum atomic E-state index is -0.924. The summed E-state index contributed by atoms with van der Waals surface area (Å²) in [6.07, 6.45) is 0. The maximum atomic E-state index is 13.2. The molecule has 1 aromatic carbocycles. The van der Waals surface area contributed by atoms with Gasteiger partial charge >= 0.3 is 5.69 Å². The summed E-state index contributed by atoms with van der Waals surface area (Å²) in [5, 5.41) is 17.6. The second-order valence-electron chi connectivity index (χ2n) is 3.49. The molecular formula is C10H6FN5O3. The van der Waals surface area contributed by atoms with Gasteiger partial charge in [-0.05, 0) is 17.7 Å².